The second-order valence-corrected chi connectivity index (χ2v) is 13.2. The van der Waals surface area contributed by atoms with E-state index >= 15 is 0 Å². The zero-order chi connectivity index (χ0) is 21.4. The molecule has 5 nitrogen and oxygen atoms in total. The van der Waals surface area contributed by atoms with Crippen molar-refractivity contribution in [3.05, 3.63) is 45.1 Å². The molecule has 0 radical (unpaired) electrons. The van der Waals surface area contributed by atoms with Crippen molar-refractivity contribution in [1.29, 1.82) is 0 Å². The van der Waals surface area contributed by atoms with Crippen LogP contribution in [0, 0.1) is 5.41 Å². The van der Waals surface area contributed by atoms with E-state index in [0.717, 1.165) is 17.5 Å². The van der Waals surface area contributed by atoms with Crippen LogP contribution in [0.1, 0.15) is 36.2 Å². The van der Waals surface area contributed by atoms with Crippen LogP contribution in [-0.4, -0.2) is 59.1 Å². The van der Waals surface area contributed by atoms with Gasteiger partial charge in [0.25, 0.3) is 0 Å². The first kappa shape index (κ1) is 22.9. The number of thioether (sulfide) groups is 2. The number of nitrogens with zero attached hydrogens (tertiary/aromatic N) is 2. The van der Waals surface area contributed by atoms with E-state index in [2.05, 4.69) is 51.1 Å². The summed E-state index contributed by atoms with van der Waals surface area (Å²) in [6.45, 7) is 4.71. The lowest BCUT2D eigenvalue weighted by molar-refractivity contribution is 0.0358. The Labute approximate surface area is 199 Å². The Bertz CT molecular complexity index is 821. The molecule has 0 aromatic carbocycles. The molecule has 1 aromatic rings. The van der Waals surface area contributed by atoms with Gasteiger partial charge in [-0.05, 0) is 65.9 Å². The first-order valence-electron chi connectivity index (χ1n) is 9.75. The van der Waals surface area contributed by atoms with Crippen LogP contribution in [0.25, 0.3) is 0 Å². The molecule has 0 saturated carbocycles. The van der Waals surface area contributed by atoms with E-state index in [-0.39, 0.29) is 28.7 Å². The van der Waals surface area contributed by atoms with Crippen molar-refractivity contribution < 1.29 is 15.0 Å². The summed E-state index contributed by atoms with van der Waals surface area (Å²) < 4.78 is 4.50. The molecule has 2 unspecified atom stereocenters. The molecular weight excluding hydrogens is 477 g/mol. The minimum Gasteiger partial charge on any atom is -0.395 e. The predicted molar refractivity (Wildman–Crippen MR) is 132 cm³/mol. The highest BCUT2D eigenvalue weighted by Gasteiger charge is 2.67. The lowest BCUT2D eigenvalue weighted by Gasteiger charge is -2.60. The fourth-order valence-electron chi connectivity index (χ4n) is 4.63. The molecule has 164 valence electrons. The molecule has 4 rings (SSSR count). The summed E-state index contributed by atoms with van der Waals surface area (Å²) in [4.78, 5) is 12.7. The second kappa shape index (κ2) is 8.96. The van der Waals surface area contributed by atoms with Gasteiger partial charge in [-0.3, -0.25) is 4.79 Å². The van der Waals surface area contributed by atoms with E-state index in [4.69, 9.17) is 0 Å². The van der Waals surface area contributed by atoms with Crippen LogP contribution in [-0.2, 0) is 6.42 Å². The fourth-order valence-corrected chi connectivity index (χ4v) is 10.3. The summed E-state index contributed by atoms with van der Waals surface area (Å²) in [5, 5.41) is 27.2. The van der Waals surface area contributed by atoms with E-state index in [0.29, 0.717) is 17.9 Å². The zero-order valence-corrected chi connectivity index (χ0v) is 21.0. The molecule has 0 spiro atoms. The average molecular weight is 503 g/mol. The third-order valence-corrected chi connectivity index (χ3v) is 12.1. The first-order valence-corrected chi connectivity index (χ1v) is 14.3. The predicted octanol–water partition coefficient (Wildman–Crippen LogP) is 4.62. The van der Waals surface area contributed by atoms with Crippen LogP contribution in [0.2, 0.25) is 0 Å². The quantitative estimate of drug-likeness (QED) is 0.496. The van der Waals surface area contributed by atoms with Crippen LogP contribution in [0.3, 0.4) is 0 Å². The number of carbonyl (C=O) groups excluding carboxylic acids is 1. The highest BCUT2D eigenvalue weighted by molar-refractivity contribution is 8.06. The molecule has 10 heteroatoms. The maximum atomic E-state index is 13.4. The molecule has 3 heterocycles. The minimum atomic E-state index is -0.404. The number of ketones is 1. The lowest BCUT2D eigenvalue weighted by atomic mass is 9.63. The molecule has 30 heavy (non-hydrogen) atoms. The molecule has 2 atom stereocenters. The smallest absolute Gasteiger partial charge is 0.164 e. The number of hydrogen-bond donors (Lipinski definition) is 2. The number of fused-ring (bicyclic) bond motifs is 1. The molecule has 0 bridgehead atoms. The standard InChI is InChI=1S/C20H26N2O3S5/c1-18(21(3-7-27-18)29-9-5-23)20(11-15-13-26-14-16(15)17(25)12-20)19(2)22(4-8-28-19)30-10-6-24/h3-4,7-8,13-14,23-24H,5-6,9-12H2,1-2H3. The van der Waals surface area contributed by atoms with Gasteiger partial charge in [-0.1, -0.05) is 0 Å². The Morgan fingerprint density at radius 2 is 1.53 bits per heavy atom. The molecule has 0 fully saturated rings. The number of carbonyl (C=O) groups is 1. The number of aliphatic hydroxyl groups is 2. The molecule has 0 amide bonds. The highest BCUT2D eigenvalue weighted by atomic mass is 32.2. The van der Waals surface area contributed by atoms with Gasteiger partial charge in [0, 0.05) is 46.7 Å². The van der Waals surface area contributed by atoms with Gasteiger partial charge in [-0.25, -0.2) is 0 Å². The van der Waals surface area contributed by atoms with Crippen molar-refractivity contribution in [1.82, 2.24) is 8.61 Å². The van der Waals surface area contributed by atoms with Gasteiger partial charge >= 0.3 is 0 Å². The summed E-state index contributed by atoms with van der Waals surface area (Å²) >= 11 is 8.37. The summed E-state index contributed by atoms with van der Waals surface area (Å²) in [5.74, 6) is 1.43. The third kappa shape index (κ3) is 3.47. The van der Waals surface area contributed by atoms with Crippen molar-refractivity contribution in [2.24, 2.45) is 5.41 Å². The van der Waals surface area contributed by atoms with E-state index in [1.54, 1.807) is 58.8 Å². The van der Waals surface area contributed by atoms with Gasteiger partial charge in [0.2, 0.25) is 0 Å². The Morgan fingerprint density at radius 3 is 2.07 bits per heavy atom. The zero-order valence-electron chi connectivity index (χ0n) is 16.9. The van der Waals surface area contributed by atoms with Crippen LogP contribution in [0.15, 0.2) is 34.0 Å². The number of thiophene rings is 1. The summed E-state index contributed by atoms with van der Waals surface area (Å²) in [5.41, 5.74) is 1.61. The largest absolute Gasteiger partial charge is 0.395 e. The highest BCUT2D eigenvalue weighted by Crippen LogP contribution is 2.67. The van der Waals surface area contributed by atoms with Crippen LogP contribution in [0.5, 0.6) is 0 Å². The Balaban J connectivity index is 1.82. The molecule has 3 aliphatic rings. The Morgan fingerprint density at radius 1 is 0.967 bits per heavy atom. The number of Topliss-reactive ketones (excluding diaryl/α,β-unsaturated/α-hetero) is 1. The van der Waals surface area contributed by atoms with Gasteiger partial charge in [-0.2, -0.15) is 11.3 Å². The minimum absolute atomic E-state index is 0.114. The van der Waals surface area contributed by atoms with Crippen molar-refractivity contribution in [2.75, 3.05) is 24.7 Å². The van der Waals surface area contributed by atoms with Gasteiger partial charge in [0.1, 0.15) is 9.74 Å². The van der Waals surface area contributed by atoms with E-state index in [1.165, 1.54) is 0 Å². The van der Waals surface area contributed by atoms with Crippen LogP contribution >= 0.6 is 58.8 Å². The summed E-state index contributed by atoms with van der Waals surface area (Å²) in [6.07, 6.45) is 5.43. The normalized spacial score (nSPS) is 33.0. The Hall–Kier alpha value is -0.230. The van der Waals surface area contributed by atoms with E-state index in [1.807, 2.05) is 5.38 Å². The molecule has 2 aliphatic heterocycles. The van der Waals surface area contributed by atoms with E-state index in [9.17, 15) is 15.0 Å². The van der Waals surface area contributed by atoms with Crippen molar-refractivity contribution in [3.63, 3.8) is 0 Å². The van der Waals surface area contributed by atoms with Gasteiger partial charge in [-0.15, -0.1) is 23.5 Å². The number of rotatable bonds is 8. The molecule has 1 aromatic heterocycles. The van der Waals surface area contributed by atoms with Crippen molar-refractivity contribution >= 4 is 64.5 Å². The van der Waals surface area contributed by atoms with Gasteiger partial charge in [0.15, 0.2) is 5.78 Å². The molecular formula is C20H26N2O3S5. The number of aliphatic hydroxyl groups excluding tert-OH is 2. The maximum Gasteiger partial charge on any atom is 0.164 e. The fraction of sp³-hybridized carbons (Fsp3) is 0.550. The average Bonchev–Trinajstić information content (AvgIpc) is 3.44. The second-order valence-electron chi connectivity index (χ2n) is 7.71. The van der Waals surface area contributed by atoms with Gasteiger partial charge in [0.05, 0.1) is 13.2 Å². The molecule has 1 aliphatic carbocycles. The molecule has 0 saturated heterocycles. The lowest BCUT2D eigenvalue weighted by Crippen LogP contribution is -2.66. The monoisotopic (exact) mass is 502 g/mol. The van der Waals surface area contributed by atoms with E-state index < -0.39 is 5.41 Å². The summed E-state index contributed by atoms with van der Waals surface area (Å²) in [6, 6.07) is 0. The third-order valence-electron chi connectivity index (χ3n) is 6.24. The van der Waals surface area contributed by atoms with Gasteiger partial charge < -0.3 is 18.8 Å². The van der Waals surface area contributed by atoms with Crippen LogP contribution in [0.4, 0.5) is 0 Å². The number of hydrogen-bond acceptors (Lipinski definition) is 10. The molecule has 2 N–H and O–H groups in total. The Kier molecular flexibility index (Phi) is 6.85. The topological polar surface area (TPSA) is 64.0 Å². The summed E-state index contributed by atoms with van der Waals surface area (Å²) in [7, 11) is 0. The first-order chi connectivity index (χ1) is 14.4. The van der Waals surface area contributed by atoms with Crippen LogP contribution < -0.4 is 0 Å². The van der Waals surface area contributed by atoms with Crippen molar-refractivity contribution in [3.8, 4) is 0 Å². The van der Waals surface area contributed by atoms with Crippen molar-refractivity contribution in [2.45, 2.75) is 36.4 Å². The SMILES string of the molecule is CC1(C2(C3(C)SC=CN3SCCO)CC(=O)c3cscc3C2)SC=CN1SCCO. The maximum absolute atomic E-state index is 13.4.